The fourth-order valence-electron chi connectivity index (χ4n) is 2.30. The average Bonchev–Trinajstić information content (AvgIpc) is 2.49. The molecule has 0 saturated heterocycles. The summed E-state index contributed by atoms with van der Waals surface area (Å²) < 4.78 is 0. The molecule has 0 fully saturated rings. The second kappa shape index (κ2) is 5.21. The van der Waals surface area contributed by atoms with Crippen LogP contribution >= 0.6 is 0 Å². The first-order valence-electron chi connectivity index (χ1n) is 6.95. The fourth-order valence-corrected chi connectivity index (χ4v) is 2.30. The third kappa shape index (κ3) is 2.62. The third-order valence-corrected chi connectivity index (χ3v) is 3.56. The van der Waals surface area contributed by atoms with Crippen LogP contribution in [0, 0.1) is 22.7 Å². The van der Waals surface area contributed by atoms with Gasteiger partial charge < -0.3 is 10.2 Å². The molecule has 1 heterocycles. The highest BCUT2D eigenvalue weighted by Crippen LogP contribution is 2.36. The molecule has 0 spiro atoms. The molecule has 1 aromatic carbocycles. The zero-order valence-electron chi connectivity index (χ0n) is 12.7. The quantitative estimate of drug-likeness (QED) is 0.849. The summed E-state index contributed by atoms with van der Waals surface area (Å²) in [5, 5.41) is 11.8. The molecule has 0 aromatic heterocycles. The fraction of sp³-hybridized carbons (Fsp3) is 0.438. The number of nitriles is 1. The maximum atomic E-state index is 12.8. The second-order valence-electron chi connectivity index (χ2n) is 6.23. The minimum atomic E-state index is -1.14. The van der Waals surface area contributed by atoms with Crippen molar-refractivity contribution in [3.8, 4) is 6.07 Å². The minimum absolute atomic E-state index is 0.247. The van der Waals surface area contributed by atoms with Gasteiger partial charge in [0.25, 0.3) is 0 Å². The Morgan fingerprint density at radius 3 is 2.57 bits per heavy atom. The highest BCUT2D eigenvalue weighted by Gasteiger charge is 2.43. The van der Waals surface area contributed by atoms with Crippen molar-refractivity contribution in [2.75, 3.05) is 16.8 Å². The van der Waals surface area contributed by atoms with E-state index in [0.29, 0.717) is 23.5 Å². The number of carbonyl (C=O) groups excluding carboxylic acids is 2. The van der Waals surface area contributed by atoms with Crippen molar-refractivity contribution in [1.29, 1.82) is 5.26 Å². The SMILES string of the molecule is CC(C)CN1C(=O)C(C)(C)C(=O)Nc2ccc(C#N)cc21. The Morgan fingerprint density at radius 2 is 2.00 bits per heavy atom. The van der Waals surface area contributed by atoms with Crippen molar-refractivity contribution in [1.82, 2.24) is 0 Å². The number of benzene rings is 1. The van der Waals surface area contributed by atoms with E-state index in [2.05, 4.69) is 11.4 Å². The summed E-state index contributed by atoms with van der Waals surface area (Å²) in [7, 11) is 0. The number of nitrogens with one attached hydrogen (secondary N) is 1. The average molecular weight is 285 g/mol. The van der Waals surface area contributed by atoms with Crippen molar-refractivity contribution < 1.29 is 9.59 Å². The van der Waals surface area contributed by atoms with E-state index in [1.54, 1.807) is 36.9 Å². The molecule has 0 radical (unpaired) electrons. The maximum Gasteiger partial charge on any atom is 0.242 e. The van der Waals surface area contributed by atoms with Crippen LogP contribution in [-0.2, 0) is 9.59 Å². The van der Waals surface area contributed by atoms with Crippen LogP contribution in [0.5, 0.6) is 0 Å². The number of rotatable bonds is 2. The van der Waals surface area contributed by atoms with Crippen molar-refractivity contribution in [3.63, 3.8) is 0 Å². The van der Waals surface area contributed by atoms with Crippen LogP contribution in [0.3, 0.4) is 0 Å². The first kappa shape index (κ1) is 15.0. The molecule has 0 bridgehead atoms. The first-order valence-corrected chi connectivity index (χ1v) is 6.95. The zero-order valence-corrected chi connectivity index (χ0v) is 12.7. The summed E-state index contributed by atoms with van der Waals surface area (Å²) in [6.45, 7) is 7.76. The molecule has 0 saturated carbocycles. The predicted octanol–water partition coefficient (Wildman–Crippen LogP) is 2.53. The van der Waals surface area contributed by atoms with E-state index < -0.39 is 5.41 Å². The Bertz CT molecular complexity index is 641. The Morgan fingerprint density at radius 1 is 1.33 bits per heavy atom. The van der Waals surface area contributed by atoms with Crippen molar-refractivity contribution in [2.24, 2.45) is 11.3 Å². The van der Waals surface area contributed by atoms with Crippen LogP contribution in [0.4, 0.5) is 11.4 Å². The van der Waals surface area contributed by atoms with Gasteiger partial charge in [-0.15, -0.1) is 0 Å². The van der Waals surface area contributed by atoms with Gasteiger partial charge in [0.1, 0.15) is 5.41 Å². The maximum absolute atomic E-state index is 12.8. The molecule has 110 valence electrons. The zero-order chi connectivity index (χ0) is 15.8. The van der Waals surface area contributed by atoms with Crippen LogP contribution in [0.15, 0.2) is 18.2 Å². The Kier molecular flexibility index (Phi) is 3.73. The molecule has 21 heavy (non-hydrogen) atoms. The summed E-state index contributed by atoms with van der Waals surface area (Å²) >= 11 is 0. The molecule has 5 heteroatoms. The van der Waals surface area contributed by atoms with Crippen molar-refractivity contribution in [3.05, 3.63) is 23.8 Å². The van der Waals surface area contributed by atoms with Crippen LogP contribution in [0.1, 0.15) is 33.3 Å². The molecule has 2 rings (SSSR count). The smallest absolute Gasteiger partial charge is 0.242 e. The van der Waals surface area contributed by atoms with Gasteiger partial charge in [0.05, 0.1) is 23.0 Å². The number of nitrogens with zero attached hydrogens (tertiary/aromatic N) is 2. The molecule has 0 atom stereocenters. The lowest BCUT2D eigenvalue weighted by atomic mass is 9.90. The summed E-state index contributed by atoms with van der Waals surface area (Å²) in [5.41, 5.74) is 0.482. The summed E-state index contributed by atoms with van der Waals surface area (Å²) in [4.78, 5) is 26.6. The number of anilines is 2. The van der Waals surface area contributed by atoms with Crippen molar-refractivity contribution in [2.45, 2.75) is 27.7 Å². The van der Waals surface area contributed by atoms with E-state index in [9.17, 15) is 9.59 Å². The van der Waals surface area contributed by atoms with E-state index in [1.165, 1.54) is 0 Å². The Hall–Kier alpha value is -2.35. The molecular weight excluding hydrogens is 266 g/mol. The molecular formula is C16H19N3O2. The van der Waals surface area contributed by atoms with Crippen LogP contribution in [0.2, 0.25) is 0 Å². The highest BCUT2D eigenvalue weighted by molar-refractivity contribution is 6.19. The standard InChI is InChI=1S/C16H19N3O2/c1-10(2)9-19-13-7-11(8-17)5-6-12(13)18-14(20)16(3,4)15(19)21/h5-7,10H,9H2,1-4H3,(H,18,20). The molecule has 2 amide bonds. The van der Waals surface area contributed by atoms with Gasteiger partial charge in [-0.3, -0.25) is 9.59 Å². The normalized spacial score (nSPS) is 17.0. The lowest BCUT2D eigenvalue weighted by Crippen LogP contribution is -2.46. The monoisotopic (exact) mass is 285 g/mol. The van der Waals surface area contributed by atoms with Crippen LogP contribution in [-0.4, -0.2) is 18.4 Å². The van der Waals surface area contributed by atoms with Crippen molar-refractivity contribution >= 4 is 23.2 Å². The summed E-state index contributed by atoms with van der Waals surface area (Å²) in [6.07, 6.45) is 0. The molecule has 1 aliphatic rings. The molecule has 0 unspecified atom stereocenters. The molecule has 5 nitrogen and oxygen atoms in total. The lowest BCUT2D eigenvalue weighted by Gasteiger charge is -2.29. The summed E-state index contributed by atoms with van der Waals surface area (Å²) in [6, 6.07) is 7.03. The number of hydrogen-bond donors (Lipinski definition) is 1. The third-order valence-electron chi connectivity index (χ3n) is 3.56. The van der Waals surface area contributed by atoms with Gasteiger partial charge in [0.2, 0.25) is 11.8 Å². The van der Waals surface area contributed by atoms with E-state index in [-0.39, 0.29) is 17.7 Å². The Balaban J connectivity index is 2.62. The first-order chi connectivity index (χ1) is 9.77. The molecule has 1 aromatic rings. The number of fused-ring (bicyclic) bond motifs is 1. The highest BCUT2D eigenvalue weighted by atomic mass is 16.2. The molecule has 1 aliphatic heterocycles. The van der Waals surface area contributed by atoms with E-state index in [4.69, 9.17) is 5.26 Å². The van der Waals surface area contributed by atoms with Gasteiger partial charge in [-0.25, -0.2) is 0 Å². The number of amides is 2. The van der Waals surface area contributed by atoms with Gasteiger partial charge in [-0.1, -0.05) is 13.8 Å². The lowest BCUT2D eigenvalue weighted by molar-refractivity contribution is -0.136. The molecule has 1 N–H and O–H groups in total. The van der Waals surface area contributed by atoms with E-state index >= 15 is 0 Å². The number of hydrogen-bond acceptors (Lipinski definition) is 3. The topological polar surface area (TPSA) is 73.2 Å². The van der Waals surface area contributed by atoms with Gasteiger partial charge >= 0.3 is 0 Å². The minimum Gasteiger partial charge on any atom is -0.323 e. The largest absolute Gasteiger partial charge is 0.323 e. The van der Waals surface area contributed by atoms with Gasteiger partial charge in [0, 0.05) is 6.54 Å². The van der Waals surface area contributed by atoms with Gasteiger partial charge in [-0.2, -0.15) is 5.26 Å². The van der Waals surface area contributed by atoms with Crippen LogP contribution in [0.25, 0.3) is 0 Å². The van der Waals surface area contributed by atoms with Gasteiger partial charge in [0.15, 0.2) is 0 Å². The second-order valence-corrected chi connectivity index (χ2v) is 6.23. The van der Waals surface area contributed by atoms with E-state index in [0.717, 1.165) is 0 Å². The Labute approximate surface area is 124 Å². The summed E-state index contributed by atoms with van der Waals surface area (Å²) in [5.74, 6) is -0.330. The number of carbonyl (C=O) groups is 2. The van der Waals surface area contributed by atoms with E-state index in [1.807, 2.05) is 13.8 Å². The van der Waals surface area contributed by atoms with Crippen LogP contribution < -0.4 is 10.2 Å². The predicted molar refractivity (Wildman–Crippen MR) is 80.8 cm³/mol. The van der Waals surface area contributed by atoms with Gasteiger partial charge in [-0.05, 0) is 38.0 Å². The molecule has 0 aliphatic carbocycles.